The molecule has 0 radical (unpaired) electrons. The number of ether oxygens (including phenoxy) is 2. The van der Waals surface area contributed by atoms with Crippen LogP contribution in [0.2, 0.25) is 5.02 Å². The normalized spacial score (nSPS) is 17.6. The molecule has 3 heteroatoms. The van der Waals surface area contributed by atoms with Gasteiger partial charge in [-0.3, -0.25) is 0 Å². The molecule has 2 aromatic rings. The van der Waals surface area contributed by atoms with Gasteiger partial charge in [-0.1, -0.05) is 59.6 Å². The van der Waals surface area contributed by atoms with E-state index in [-0.39, 0.29) is 0 Å². The molecular weight excluding hydrogens is 260 g/mol. The van der Waals surface area contributed by atoms with Gasteiger partial charge in [-0.2, -0.15) is 0 Å². The molecule has 0 saturated heterocycles. The lowest BCUT2D eigenvalue weighted by Gasteiger charge is -2.13. The molecule has 0 bridgehead atoms. The van der Waals surface area contributed by atoms with Gasteiger partial charge in [0.2, 0.25) is 0 Å². The molecule has 96 valence electrons. The third kappa shape index (κ3) is 2.45. The minimum Gasteiger partial charge on any atom is -0.454 e. The molecule has 0 amide bonds. The maximum Gasteiger partial charge on any atom is 0.268 e. The van der Waals surface area contributed by atoms with Crippen LogP contribution in [0.5, 0.6) is 0 Å². The van der Waals surface area contributed by atoms with Crippen LogP contribution in [0.4, 0.5) is 0 Å². The predicted octanol–water partition coefficient (Wildman–Crippen LogP) is 4.69. The van der Waals surface area contributed by atoms with Crippen molar-refractivity contribution < 1.29 is 9.47 Å². The van der Waals surface area contributed by atoms with Crippen molar-refractivity contribution in [2.75, 3.05) is 0 Å². The molecule has 2 nitrogen and oxygen atoms in total. The van der Waals surface area contributed by atoms with E-state index in [2.05, 4.69) is 6.92 Å². The lowest BCUT2D eigenvalue weighted by atomic mass is 10.1. The fourth-order valence-corrected chi connectivity index (χ4v) is 2.18. The first-order valence-electron chi connectivity index (χ1n) is 6.08. The summed E-state index contributed by atoms with van der Waals surface area (Å²) in [6.07, 6.45) is 1.17. The second-order valence-corrected chi connectivity index (χ2v) is 4.86. The maximum atomic E-state index is 6.14. The number of benzene rings is 2. The van der Waals surface area contributed by atoms with Gasteiger partial charge in [-0.25, -0.2) is 0 Å². The van der Waals surface area contributed by atoms with Crippen molar-refractivity contribution in [1.29, 1.82) is 0 Å². The number of hydrogen-bond acceptors (Lipinski definition) is 2. The van der Waals surface area contributed by atoms with Crippen LogP contribution in [-0.4, -0.2) is 0 Å². The third-order valence-corrected chi connectivity index (χ3v) is 3.37. The van der Waals surface area contributed by atoms with Crippen molar-refractivity contribution in [3.63, 3.8) is 0 Å². The molecule has 1 aliphatic rings. The van der Waals surface area contributed by atoms with E-state index < -0.39 is 6.29 Å². The molecule has 1 atom stereocenters. The zero-order chi connectivity index (χ0) is 13.2. The highest BCUT2D eigenvalue weighted by atomic mass is 35.5. The number of rotatable bonds is 2. The first kappa shape index (κ1) is 12.1. The van der Waals surface area contributed by atoms with Gasteiger partial charge in [0.05, 0.1) is 10.6 Å². The second kappa shape index (κ2) is 4.98. The fraction of sp³-hybridized carbons (Fsp3) is 0.125. The zero-order valence-corrected chi connectivity index (χ0v) is 11.2. The Balaban J connectivity index is 1.80. The summed E-state index contributed by atoms with van der Waals surface area (Å²) in [6.45, 7) is 2.05. The highest BCUT2D eigenvalue weighted by Gasteiger charge is 2.24. The van der Waals surface area contributed by atoms with E-state index >= 15 is 0 Å². The Morgan fingerprint density at radius 3 is 2.47 bits per heavy atom. The van der Waals surface area contributed by atoms with Crippen LogP contribution in [0.1, 0.15) is 23.0 Å². The van der Waals surface area contributed by atoms with Crippen LogP contribution in [0.3, 0.4) is 0 Å². The van der Waals surface area contributed by atoms with Crippen LogP contribution in [0.25, 0.3) is 5.76 Å². The summed E-state index contributed by atoms with van der Waals surface area (Å²) in [5.74, 6) is 0.727. The molecule has 2 aromatic carbocycles. The Bertz CT molecular complexity index is 617. The topological polar surface area (TPSA) is 18.5 Å². The second-order valence-electron chi connectivity index (χ2n) is 4.46. The summed E-state index contributed by atoms with van der Waals surface area (Å²) in [4.78, 5) is 0. The molecule has 0 aliphatic carbocycles. The van der Waals surface area contributed by atoms with Crippen molar-refractivity contribution in [3.05, 3.63) is 76.5 Å². The summed E-state index contributed by atoms with van der Waals surface area (Å²) >= 11 is 6.14. The van der Waals surface area contributed by atoms with Gasteiger partial charge in [-0.15, -0.1) is 0 Å². The molecule has 1 unspecified atom stereocenters. The average Bonchev–Trinajstić information content (AvgIpc) is 2.89. The van der Waals surface area contributed by atoms with Gasteiger partial charge in [0, 0.05) is 5.56 Å². The SMILES string of the molecule is Cc1ccc(C2=COC(c3ccccc3Cl)O2)cc1. The molecule has 3 rings (SSSR count). The first-order valence-corrected chi connectivity index (χ1v) is 6.45. The summed E-state index contributed by atoms with van der Waals surface area (Å²) < 4.78 is 11.4. The number of halogens is 1. The standard InChI is InChI=1S/C16H13ClO2/c1-11-6-8-12(9-7-11)15-10-18-16(19-15)13-4-2-3-5-14(13)17/h2-10,16H,1H3. The van der Waals surface area contributed by atoms with Gasteiger partial charge in [-0.05, 0) is 13.0 Å². The van der Waals surface area contributed by atoms with Crippen molar-refractivity contribution in [2.24, 2.45) is 0 Å². The van der Waals surface area contributed by atoms with Gasteiger partial charge in [0.1, 0.15) is 6.26 Å². The van der Waals surface area contributed by atoms with E-state index in [1.807, 2.05) is 48.5 Å². The molecule has 0 aromatic heterocycles. The van der Waals surface area contributed by atoms with Crippen molar-refractivity contribution in [2.45, 2.75) is 13.2 Å². The number of hydrogen-bond donors (Lipinski definition) is 0. The number of aryl methyl sites for hydroxylation is 1. The Hall–Kier alpha value is -1.93. The molecule has 0 spiro atoms. The monoisotopic (exact) mass is 272 g/mol. The lowest BCUT2D eigenvalue weighted by Crippen LogP contribution is -1.99. The Labute approximate surface area is 117 Å². The quantitative estimate of drug-likeness (QED) is 0.789. The molecule has 19 heavy (non-hydrogen) atoms. The van der Waals surface area contributed by atoms with Gasteiger partial charge in [0.25, 0.3) is 6.29 Å². The van der Waals surface area contributed by atoms with Crippen molar-refractivity contribution >= 4 is 17.4 Å². The molecule has 0 saturated carbocycles. The summed E-state index contributed by atoms with van der Waals surface area (Å²) in [6, 6.07) is 15.6. The minimum absolute atomic E-state index is 0.468. The van der Waals surface area contributed by atoms with Gasteiger partial charge in [0.15, 0.2) is 5.76 Å². The highest BCUT2D eigenvalue weighted by Crippen LogP contribution is 2.36. The van der Waals surface area contributed by atoms with Crippen LogP contribution in [0, 0.1) is 6.92 Å². The largest absolute Gasteiger partial charge is 0.454 e. The fourth-order valence-electron chi connectivity index (χ4n) is 1.95. The van der Waals surface area contributed by atoms with Gasteiger partial charge >= 0.3 is 0 Å². The van der Waals surface area contributed by atoms with E-state index in [0.29, 0.717) is 5.02 Å². The Kier molecular flexibility index (Phi) is 3.18. The molecule has 1 heterocycles. The third-order valence-electron chi connectivity index (χ3n) is 3.03. The van der Waals surface area contributed by atoms with Crippen molar-refractivity contribution in [3.8, 4) is 0 Å². The molecular formula is C16H13ClO2. The average molecular weight is 273 g/mol. The zero-order valence-electron chi connectivity index (χ0n) is 10.5. The Morgan fingerprint density at radius 2 is 1.74 bits per heavy atom. The molecule has 0 N–H and O–H groups in total. The Morgan fingerprint density at radius 1 is 1.00 bits per heavy atom. The minimum atomic E-state index is -0.468. The van der Waals surface area contributed by atoms with E-state index in [4.69, 9.17) is 21.1 Å². The van der Waals surface area contributed by atoms with E-state index in [9.17, 15) is 0 Å². The van der Waals surface area contributed by atoms with Crippen LogP contribution < -0.4 is 0 Å². The van der Waals surface area contributed by atoms with Crippen LogP contribution in [0.15, 0.2) is 54.8 Å². The first-order chi connectivity index (χ1) is 9.24. The highest BCUT2D eigenvalue weighted by molar-refractivity contribution is 6.31. The van der Waals surface area contributed by atoms with E-state index in [1.165, 1.54) is 5.56 Å². The predicted molar refractivity (Wildman–Crippen MR) is 75.5 cm³/mol. The van der Waals surface area contributed by atoms with Crippen LogP contribution >= 0.6 is 11.6 Å². The maximum absolute atomic E-state index is 6.14. The summed E-state index contributed by atoms with van der Waals surface area (Å²) in [5.41, 5.74) is 3.05. The summed E-state index contributed by atoms with van der Waals surface area (Å²) in [5, 5.41) is 0.644. The van der Waals surface area contributed by atoms with E-state index in [0.717, 1.165) is 16.9 Å². The summed E-state index contributed by atoms with van der Waals surface area (Å²) in [7, 11) is 0. The van der Waals surface area contributed by atoms with Crippen LogP contribution in [-0.2, 0) is 9.47 Å². The smallest absolute Gasteiger partial charge is 0.268 e. The van der Waals surface area contributed by atoms with E-state index in [1.54, 1.807) is 6.26 Å². The molecule has 1 aliphatic heterocycles. The van der Waals surface area contributed by atoms with Gasteiger partial charge < -0.3 is 9.47 Å². The van der Waals surface area contributed by atoms with Crippen molar-refractivity contribution in [1.82, 2.24) is 0 Å². The molecule has 0 fully saturated rings. The lowest BCUT2D eigenvalue weighted by molar-refractivity contribution is -0.0169.